The highest BCUT2D eigenvalue weighted by atomic mass is 35.5. The van der Waals surface area contributed by atoms with Crippen LogP contribution in [0.5, 0.6) is 0 Å². The SMILES string of the molecule is CCn1nc2n(c1=O)-c1ccc(Cl)cc1C(c1ccccc1)=NC2. The molecular weight excluding hydrogens is 324 g/mol. The Bertz CT molecular complexity index is 1000. The Balaban J connectivity index is 2.02. The third-order valence-electron chi connectivity index (χ3n) is 4.09. The van der Waals surface area contributed by atoms with E-state index in [1.165, 1.54) is 4.68 Å². The maximum Gasteiger partial charge on any atom is 0.350 e. The van der Waals surface area contributed by atoms with Gasteiger partial charge in [0.05, 0.1) is 11.4 Å². The zero-order valence-corrected chi connectivity index (χ0v) is 13.9. The number of fused-ring (bicyclic) bond motifs is 3. The van der Waals surface area contributed by atoms with Gasteiger partial charge in [0.25, 0.3) is 0 Å². The van der Waals surface area contributed by atoms with E-state index in [0.717, 1.165) is 22.5 Å². The van der Waals surface area contributed by atoms with Crippen LogP contribution in [0.2, 0.25) is 5.02 Å². The number of aromatic nitrogens is 3. The molecule has 3 aromatic rings. The van der Waals surface area contributed by atoms with Crippen LogP contribution in [-0.4, -0.2) is 20.1 Å². The highest BCUT2D eigenvalue weighted by Crippen LogP contribution is 2.26. The van der Waals surface area contributed by atoms with Gasteiger partial charge < -0.3 is 0 Å². The Morgan fingerprint density at radius 2 is 1.96 bits per heavy atom. The first-order chi connectivity index (χ1) is 11.7. The molecule has 0 unspecified atom stereocenters. The second kappa shape index (κ2) is 5.76. The molecule has 0 N–H and O–H groups in total. The number of nitrogens with zero attached hydrogens (tertiary/aromatic N) is 4. The van der Waals surface area contributed by atoms with E-state index < -0.39 is 0 Å². The normalized spacial score (nSPS) is 13.0. The van der Waals surface area contributed by atoms with Gasteiger partial charge in [0.2, 0.25) is 0 Å². The van der Waals surface area contributed by atoms with Crippen molar-refractivity contribution in [3.05, 3.63) is 81.0 Å². The first kappa shape index (κ1) is 14.9. The van der Waals surface area contributed by atoms with Crippen LogP contribution in [0.15, 0.2) is 58.3 Å². The first-order valence-electron chi connectivity index (χ1n) is 7.78. The summed E-state index contributed by atoms with van der Waals surface area (Å²) in [5.74, 6) is 0.636. The minimum Gasteiger partial charge on any atom is -0.276 e. The highest BCUT2D eigenvalue weighted by molar-refractivity contribution is 6.31. The summed E-state index contributed by atoms with van der Waals surface area (Å²) in [6.07, 6.45) is 0. The van der Waals surface area contributed by atoms with Crippen molar-refractivity contribution in [2.45, 2.75) is 20.0 Å². The van der Waals surface area contributed by atoms with E-state index in [0.29, 0.717) is 23.9 Å². The smallest absolute Gasteiger partial charge is 0.276 e. The van der Waals surface area contributed by atoms with E-state index in [1.807, 2.05) is 49.4 Å². The van der Waals surface area contributed by atoms with Crippen molar-refractivity contribution in [3.63, 3.8) is 0 Å². The predicted molar refractivity (Wildman–Crippen MR) is 94.3 cm³/mol. The van der Waals surface area contributed by atoms with E-state index >= 15 is 0 Å². The number of hydrogen-bond donors (Lipinski definition) is 0. The van der Waals surface area contributed by atoms with Crippen LogP contribution in [0, 0.1) is 0 Å². The molecule has 0 bridgehead atoms. The molecule has 5 nitrogen and oxygen atoms in total. The van der Waals surface area contributed by atoms with Crippen LogP contribution in [0.3, 0.4) is 0 Å². The van der Waals surface area contributed by atoms with Gasteiger partial charge in [-0.05, 0) is 25.1 Å². The molecule has 1 aliphatic rings. The van der Waals surface area contributed by atoms with E-state index in [2.05, 4.69) is 5.10 Å². The fraction of sp³-hybridized carbons (Fsp3) is 0.167. The molecule has 2 heterocycles. The molecule has 1 aromatic heterocycles. The van der Waals surface area contributed by atoms with Gasteiger partial charge in [0.15, 0.2) is 5.82 Å². The van der Waals surface area contributed by atoms with Crippen molar-refractivity contribution in [3.8, 4) is 5.69 Å². The minimum absolute atomic E-state index is 0.152. The van der Waals surface area contributed by atoms with Crippen LogP contribution in [0.25, 0.3) is 5.69 Å². The second-order valence-corrected chi connectivity index (χ2v) is 5.98. The van der Waals surface area contributed by atoms with Gasteiger partial charge in [0, 0.05) is 22.7 Å². The standard InChI is InChI=1S/C18H15ClN4O/c1-2-22-18(24)23-15-9-8-13(19)10-14(15)17(20-11-16(23)21-22)12-6-4-3-5-7-12/h3-10H,2,11H2,1H3. The third kappa shape index (κ3) is 2.29. The molecule has 1 aliphatic heterocycles. The molecule has 0 spiro atoms. The molecule has 0 amide bonds. The Hall–Kier alpha value is -2.66. The number of aliphatic imine (C=N–C) groups is 1. The van der Waals surface area contributed by atoms with Crippen LogP contribution < -0.4 is 5.69 Å². The van der Waals surface area contributed by atoms with Gasteiger partial charge in [-0.2, -0.15) is 5.10 Å². The van der Waals surface area contributed by atoms with Crippen molar-refractivity contribution >= 4 is 17.3 Å². The molecule has 0 radical (unpaired) electrons. The Labute approximate surface area is 143 Å². The number of aryl methyl sites for hydroxylation is 1. The predicted octanol–water partition coefficient (Wildman–Crippen LogP) is 3.06. The van der Waals surface area contributed by atoms with Crippen LogP contribution in [0.4, 0.5) is 0 Å². The lowest BCUT2D eigenvalue weighted by Crippen LogP contribution is -2.24. The lowest BCUT2D eigenvalue weighted by atomic mass is 10.0. The number of halogens is 1. The van der Waals surface area contributed by atoms with E-state index in [9.17, 15) is 4.79 Å². The average molecular weight is 339 g/mol. The largest absolute Gasteiger partial charge is 0.350 e. The molecule has 0 saturated carbocycles. The number of benzene rings is 2. The summed E-state index contributed by atoms with van der Waals surface area (Å²) in [6.45, 7) is 2.77. The average Bonchev–Trinajstić information content (AvgIpc) is 2.83. The summed E-state index contributed by atoms with van der Waals surface area (Å²) in [7, 11) is 0. The first-order valence-corrected chi connectivity index (χ1v) is 8.15. The molecule has 0 atom stereocenters. The fourth-order valence-corrected chi connectivity index (χ4v) is 3.15. The highest BCUT2D eigenvalue weighted by Gasteiger charge is 2.23. The number of rotatable bonds is 2. The summed E-state index contributed by atoms with van der Waals surface area (Å²) >= 11 is 6.22. The molecule has 0 saturated heterocycles. The zero-order valence-electron chi connectivity index (χ0n) is 13.1. The molecule has 2 aromatic carbocycles. The van der Waals surface area contributed by atoms with Crippen molar-refractivity contribution in [2.75, 3.05) is 0 Å². The van der Waals surface area contributed by atoms with Crippen LogP contribution in [-0.2, 0) is 13.1 Å². The molecule has 0 fully saturated rings. The monoisotopic (exact) mass is 338 g/mol. The Morgan fingerprint density at radius 1 is 1.17 bits per heavy atom. The quantitative estimate of drug-likeness (QED) is 0.721. The van der Waals surface area contributed by atoms with Crippen LogP contribution in [0.1, 0.15) is 23.9 Å². The number of hydrogen-bond acceptors (Lipinski definition) is 3. The molecular formula is C18H15ClN4O. The minimum atomic E-state index is -0.152. The maximum absolute atomic E-state index is 12.7. The third-order valence-corrected chi connectivity index (χ3v) is 4.32. The lowest BCUT2D eigenvalue weighted by molar-refractivity contribution is 0.623. The van der Waals surface area contributed by atoms with Crippen molar-refractivity contribution in [2.24, 2.45) is 4.99 Å². The van der Waals surface area contributed by atoms with Gasteiger partial charge in [-0.15, -0.1) is 0 Å². The summed E-state index contributed by atoms with van der Waals surface area (Å²) in [6, 6.07) is 15.4. The van der Waals surface area contributed by atoms with E-state index in [-0.39, 0.29) is 5.69 Å². The maximum atomic E-state index is 12.7. The van der Waals surface area contributed by atoms with E-state index in [4.69, 9.17) is 16.6 Å². The molecule has 24 heavy (non-hydrogen) atoms. The Morgan fingerprint density at radius 3 is 2.71 bits per heavy atom. The molecule has 120 valence electrons. The van der Waals surface area contributed by atoms with Crippen LogP contribution >= 0.6 is 11.6 Å². The fourth-order valence-electron chi connectivity index (χ4n) is 2.97. The molecule has 6 heteroatoms. The van der Waals surface area contributed by atoms with Gasteiger partial charge in [0.1, 0.15) is 6.54 Å². The van der Waals surface area contributed by atoms with Gasteiger partial charge in [-0.25, -0.2) is 14.0 Å². The summed E-state index contributed by atoms with van der Waals surface area (Å²) in [5, 5.41) is 5.01. The summed E-state index contributed by atoms with van der Waals surface area (Å²) in [4.78, 5) is 17.4. The summed E-state index contributed by atoms with van der Waals surface area (Å²) < 4.78 is 3.09. The lowest BCUT2D eigenvalue weighted by Gasteiger charge is -2.11. The Kier molecular flexibility index (Phi) is 3.58. The van der Waals surface area contributed by atoms with Gasteiger partial charge in [-0.3, -0.25) is 4.99 Å². The van der Waals surface area contributed by atoms with Crippen molar-refractivity contribution in [1.29, 1.82) is 0 Å². The molecule has 4 rings (SSSR count). The van der Waals surface area contributed by atoms with Gasteiger partial charge >= 0.3 is 5.69 Å². The second-order valence-electron chi connectivity index (χ2n) is 5.54. The van der Waals surface area contributed by atoms with Crippen molar-refractivity contribution < 1.29 is 0 Å². The van der Waals surface area contributed by atoms with Gasteiger partial charge in [-0.1, -0.05) is 41.9 Å². The van der Waals surface area contributed by atoms with Crippen molar-refractivity contribution in [1.82, 2.24) is 14.3 Å². The summed E-state index contributed by atoms with van der Waals surface area (Å²) in [5.41, 5.74) is 3.26. The molecule has 0 aliphatic carbocycles. The van der Waals surface area contributed by atoms with E-state index in [1.54, 1.807) is 10.6 Å². The zero-order chi connectivity index (χ0) is 16.7. The topological polar surface area (TPSA) is 52.2 Å².